The molecule has 14 heavy (non-hydrogen) atoms. The highest BCUT2D eigenvalue weighted by Crippen LogP contribution is 2.37. The maximum absolute atomic E-state index is 5.29. The smallest absolute Gasteiger partial charge is 0.0522 e. The third-order valence-electron chi connectivity index (χ3n) is 3.09. The predicted octanol–water partition coefficient (Wildman–Crippen LogP) is 2.75. The van der Waals surface area contributed by atoms with Gasteiger partial charge in [-0.3, -0.25) is 0 Å². The Kier molecular flexibility index (Phi) is 2.36. The lowest BCUT2D eigenvalue weighted by Crippen LogP contribution is -2.22. The molecule has 0 N–H and O–H groups in total. The Labute approximate surface area is 86.1 Å². The average molecular weight is 190 g/mol. The first-order valence-electron chi connectivity index (χ1n) is 5.20. The zero-order valence-corrected chi connectivity index (χ0v) is 9.26. The first-order valence-corrected chi connectivity index (χ1v) is 5.20. The molecule has 1 aromatic rings. The second-order valence-corrected chi connectivity index (χ2v) is 4.87. The van der Waals surface area contributed by atoms with E-state index in [0.717, 1.165) is 19.4 Å². The fourth-order valence-corrected chi connectivity index (χ4v) is 2.52. The Morgan fingerprint density at radius 1 is 1.29 bits per heavy atom. The van der Waals surface area contributed by atoms with E-state index >= 15 is 0 Å². The van der Waals surface area contributed by atoms with Crippen LogP contribution in [-0.4, -0.2) is 13.7 Å². The van der Waals surface area contributed by atoms with E-state index in [1.807, 2.05) is 0 Å². The molecular formula is C13H18O. The first kappa shape index (κ1) is 9.72. The Bertz CT molecular complexity index is 343. The van der Waals surface area contributed by atoms with E-state index in [9.17, 15) is 0 Å². The van der Waals surface area contributed by atoms with Gasteiger partial charge in [0.15, 0.2) is 0 Å². The number of fused-ring (bicyclic) bond motifs is 1. The van der Waals surface area contributed by atoms with Crippen molar-refractivity contribution in [2.45, 2.75) is 26.7 Å². The van der Waals surface area contributed by atoms with E-state index in [1.165, 1.54) is 16.7 Å². The van der Waals surface area contributed by atoms with Crippen LogP contribution in [-0.2, 0) is 17.6 Å². The Morgan fingerprint density at radius 3 is 2.71 bits per heavy atom. The lowest BCUT2D eigenvalue weighted by Gasteiger charge is -2.21. The SMILES string of the molecule is COC[C@]1(C)Cc2ccc(C)cc2C1. The summed E-state index contributed by atoms with van der Waals surface area (Å²) < 4.78 is 5.29. The summed E-state index contributed by atoms with van der Waals surface area (Å²) in [5.41, 5.74) is 4.72. The molecule has 0 amide bonds. The molecule has 2 rings (SSSR count). The standard InChI is InChI=1S/C13H18O/c1-10-4-5-11-7-13(2,9-14-3)8-12(11)6-10/h4-6H,7-9H2,1-3H3/t13-/m1/s1. The minimum Gasteiger partial charge on any atom is -0.384 e. The quantitative estimate of drug-likeness (QED) is 0.696. The molecule has 1 nitrogen and oxygen atoms in total. The summed E-state index contributed by atoms with van der Waals surface area (Å²) in [6.45, 7) is 5.33. The molecule has 0 saturated heterocycles. The van der Waals surface area contributed by atoms with Crippen LogP contribution in [0.4, 0.5) is 0 Å². The lowest BCUT2D eigenvalue weighted by atomic mass is 9.88. The molecule has 1 heteroatoms. The maximum atomic E-state index is 5.29. The molecule has 0 unspecified atom stereocenters. The zero-order chi connectivity index (χ0) is 10.2. The molecule has 1 aliphatic rings. The number of aryl methyl sites for hydroxylation is 1. The molecule has 0 bridgehead atoms. The van der Waals surface area contributed by atoms with E-state index in [0.29, 0.717) is 5.41 Å². The van der Waals surface area contributed by atoms with Crippen LogP contribution in [0.25, 0.3) is 0 Å². The first-order chi connectivity index (χ1) is 6.63. The predicted molar refractivity (Wildman–Crippen MR) is 58.6 cm³/mol. The molecule has 0 heterocycles. The van der Waals surface area contributed by atoms with Gasteiger partial charge in [-0.15, -0.1) is 0 Å². The van der Waals surface area contributed by atoms with Crippen molar-refractivity contribution in [2.24, 2.45) is 5.41 Å². The average Bonchev–Trinajstić information content (AvgIpc) is 2.40. The van der Waals surface area contributed by atoms with Crippen molar-refractivity contribution in [1.29, 1.82) is 0 Å². The normalized spacial score (nSPS) is 25.1. The van der Waals surface area contributed by atoms with Crippen molar-refractivity contribution in [3.05, 3.63) is 34.9 Å². The summed E-state index contributed by atoms with van der Waals surface area (Å²) >= 11 is 0. The molecule has 0 spiro atoms. The summed E-state index contributed by atoms with van der Waals surface area (Å²) in [4.78, 5) is 0. The third-order valence-corrected chi connectivity index (χ3v) is 3.09. The number of hydrogen-bond acceptors (Lipinski definition) is 1. The summed E-state index contributed by atoms with van der Waals surface area (Å²) in [5.74, 6) is 0. The Morgan fingerprint density at radius 2 is 2.00 bits per heavy atom. The highest BCUT2D eigenvalue weighted by molar-refractivity contribution is 5.37. The van der Waals surface area contributed by atoms with Crippen LogP contribution < -0.4 is 0 Å². The van der Waals surface area contributed by atoms with Gasteiger partial charge in [-0.05, 0) is 36.3 Å². The minimum absolute atomic E-state index is 0.324. The fraction of sp³-hybridized carbons (Fsp3) is 0.538. The van der Waals surface area contributed by atoms with E-state index < -0.39 is 0 Å². The minimum atomic E-state index is 0.324. The van der Waals surface area contributed by atoms with Crippen molar-refractivity contribution in [3.8, 4) is 0 Å². The van der Waals surface area contributed by atoms with Gasteiger partial charge in [0.05, 0.1) is 6.61 Å². The molecule has 76 valence electrons. The summed E-state index contributed by atoms with van der Waals surface area (Å²) in [7, 11) is 1.79. The number of ether oxygens (including phenoxy) is 1. The van der Waals surface area contributed by atoms with Gasteiger partial charge >= 0.3 is 0 Å². The number of methoxy groups -OCH3 is 1. The molecule has 0 fully saturated rings. The molecule has 0 aliphatic heterocycles. The number of rotatable bonds is 2. The van der Waals surface area contributed by atoms with Crippen molar-refractivity contribution in [1.82, 2.24) is 0 Å². The maximum Gasteiger partial charge on any atom is 0.0522 e. The fourth-order valence-electron chi connectivity index (χ4n) is 2.52. The van der Waals surface area contributed by atoms with Gasteiger partial charge in [0.25, 0.3) is 0 Å². The van der Waals surface area contributed by atoms with Crippen LogP contribution in [0.2, 0.25) is 0 Å². The topological polar surface area (TPSA) is 9.23 Å². The molecule has 0 radical (unpaired) electrons. The molecule has 1 atom stereocenters. The van der Waals surface area contributed by atoms with Crippen molar-refractivity contribution in [2.75, 3.05) is 13.7 Å². The molecule has 0 aromatic heterocycles. The summed E-state index contributed by atoms with van der Waals surface area (Å²) in [6.07, 6.45) is 2.33. The number of benzene rings is 1. The van der Waals surface area contributed by atoms with Gasteiger partial charge in [-0.2, -0.15) is 0 Å². The summed E-state index contributed by atoms with van der Waals surface area (Å²) in [5, 5.41) is 0. The van der Waals surface area contributed by atoms with Gasteiger partial charge in [0, 0.05) is 7.11 Å². The monoisotopic (exact) mass is 190 g/mol. The molecule has 1 aliphatic carbocycles. The van der Waals surface area contributed by atoms with E-state index in [2.05, 4.69) is 32.0 Å². The van der Waals surface area contributed by atoms with Crippen molar-refractivity contribution >= 4 is 0 Å². The highest BCUT2D eigenvalue weighted by atomic mass is 16.5. The highest BCUT2D eigenvalue weighted by Gasteiger charge is 2.32. The van der Waals surface area contributed by atoms with Crippen molar-refractivity contribution in [3.63, 3.8) is 0 Å². The van der Waals surface area contributed by atoms with Crippen LogP contribution in [0.5, 0.6) is 0 Å². The molecular weight excluding hydrogens is 172 g/mol. The number of hydrogen-bond donors (Lipinski definition) is 0. The van der Waals surface area contributed by atoms with Gasteiger partial charge in [0.1, 0.15) is 0 Å². The zero-order valence-electron chi connectivity index (χ0n) is 9.26. The third kappa shape index (κ3) is 1.69. The van der Waals surface area contributed by atoms with E-state index in [-0.39, 0.29) is 0 Å². The van der Waals surface area contributed by atoms with Crippen molar-refractivity contribution < 1.29 is 4.74 Å². The van der Waals surface area contributed by atoms with Crippen LogP contribution >= 0.6 is 0 Å². The van der Waals surface area contributed by atoms with Crippen LogP contribution in [0.3, 0.4) is 0 Å². The molecule has 1 aromatic carbocycles. The Balaban J connectivity index is 2.25. The van der Waals surface area contributed by atoms with Gasteiger partial charge in [0.2, 0.25) is 0 Å². The van der Waals surface area contributed by atoms with Gasteiger partial charge in [-0.25, -0.2) is 0 Å². The second-order valence-electron chi connectivity index (χ2n) is 4.87. The van der Waals surface area contributed by atoms with E-state index in [1.54, 1.807) is 7.11 Å². The molecule has 0 saturated carbocycles. The van der Waals surface area contributed by atoms with Crippen LogP contribution in [0.1, 0.15) is 23.6 Å². The van der Waals surface area contributed by atoms with E-state index in [4.69, 9.17) is 4.74 Å². The summed E-state index contributed by atoms with van der Waals surface area (Å²) in [6, 6.07) is 6.79. The lowest BCUT2D eigenvalue weighted by molar-refractivity contribution is 0.0990. The Hall–Kier alpha value is -0.820. The second kappa shape index (κ2) is 3.39. The van der Waals surface area contributed by atoms with Crippen LogP contribution in [0.15, 0.2) is 18.2 Å². The van der Waals surface area contributed by atoms with Crippen LogP contribution in [0, 0.1) is 12.3 Å². The van der Waals surface area contributed by atoms with Gasteiger partial charge < -0.3 is 4.74 Å². The van der Waals surface area contributed by atoms with Gasteiger partial charge in [-0.1, -0.05) is 30.7 Å². The largest absolute Gasteiger partial charge is 0.384 e.